The maximum atomic E-state index is 4.19. The van der Waals surface area contributed by atoms with Crippen LogP contribution in [0.2, 0.25) is 0 Å². The van der Waals surface area contributed by atoms with Gasteiger partial charge in [-0.15, -0.1) is 0 Å². The molecular weight excluding hydrogens is 168 g/mol. The quantitative estimate of drug-likeness (QED) is 0.667. The number of aryl methyl sites for hydroxylation is 2. The van der Waals surface area contributed by atoms with Gasteiger partial charge in [0.25, 0.3) is 0 Å². The molecule has 0 aliphatic rings. The summed E-state index contributed by atoms with van der Waals surface area (Å²) in [5.74, 6) is 2.34. The number of nitrogens with zero attached hydrogens (tertiary/aromatic N) is 2. The average molecular weight is 182 g/mol. The number of hydrogen-bond acceptors (Lipinski definition) is 3. The highest BCUT2D eigenvalue weighted by molar-refractivity contribution is 7.99. The summed E-state index contributed by atoms with van der Waals surface area (Å²) >= 11 is 1.95. The zero-order chi connectivity index (χ0) is 8.81. The third-order valence-electron chi connectivity index (χ3n) is 1.57. The molecule has 2 nitrogen and oxygen atoms in total. The molecule has 0 unspecified atom stereocenters. The normalized spacial score (nSPS) is 10.2. The zero-order valence-electron chi connectivity index (χ0n) is 7.58. The molecule has 12 heavy (non-hydrogen) atoms. The van der Waals surface area contributed by atoms with Gasteiger partial charge >= 0.3 is 0 Å². The summed E-state index contributed by atoms with van der Waals surface area (Å²) < 4.78 is 0. The zero-order valence-corrected chi connectivity index (χ0v) is 8.40. The van der Waals surface area contributed by atoms with Crippen LogP contribution in [-0.4, -0.2) is 21.5 Å². The lowest BCUT2D eigenvalue weighted by Gasteiger charge is -1.99. The Morgan fingerprint density at radius 3 is 2.92 bits per heavy atom. The first-order valence-electron chi connectivity index (χ1n) is 4.18. The monoisotopic (exact) mass is 182 g/mol. The van der Waals surface area contributed by atoms with E-state index < -0.39 is 0 Å². The Morgan fingerprint density at radius 1 is 1.42 bits per heavy atom. The van der Waals surface area contributed by atoms with Gasteiger partial charge in [-0.2, -0.15) is 11.8 Å². The van der Waals surface area contributed by atoms with Crippen molar-refractivity contribution < 1.29 is 0 Å². The molecule has 3 heteroatoms. The van der Waals surface area contributed by atoms with E-state index in [1.165, 1.54) is 5.75 Å². The Morgan fingerprint density at radius 2 is 2.25 bits per heavy atom. The van der Waals surface area contributed by atoms with Gasteiger partial charge in [0.15, 0.2) is 0 Å². The van der Waals surface area contributed by atoms with Crippen LogP contribution in [0.1, 0.15) is 18.3 Å². The van der Waals surface area contributed by atoms with Gasteiger partial charge in [-0.3, -0.25) is 0 Å². The SMILES string of the molecule is CCSCCc1cc(C)ncn1. The molecule has 0 bridgehead atoms. The molecule has 0 aliphatic carbocycles. The van der Waals surface area contributed by atoms with Gasteiger partial charge < -0.3 is 0 Å². The predicted octanol–water partition coefficient (Wildman–Crippen LogP) is 2.08. The standard InChI is InChI=1S/C9H14N2S/c1-3-12-5-4-9-6-8(2)10-7-11-9/h6-7H,3-5H2,1-2H3. The third kappa shape index (κ3) is 3.22. The van der Waals surface area contributed by atoms with Crippen molar-refractivity contribution in [3.8, 4) is 0 Å². The van der Waals surface area contributed by atoms with Gasteiger partial charge in [-0.05, 0) is 30.9 Å². The first kappa shape index (κ1) is 9.52. The van der Waals surface area contributed by atoms with Gasteiger partial charge in [0.2, 0.25) is 0 Å². The van der Waals surface area contributed by atoms with E-state index in [1.54, 1.807) is 6.33 Å². The fourth-order valence-electron chi connectivity index (χ4n) is 0.968. The molecule has 0 N–H and O–H groups in total. The molecule has 0 saturated carbocycles. The molecule has 0 aliphatic heterocycles. The van der Waals surface area contributed by atoms with Crippen molar-refractivity contribution in [2.45, 2.75) is 20.3 Å². The molecule has 0 radical (unpaired) electrons. The smallest absolute Gasteiger partial charge is 0.115 e. The lowest BCUT2D eigenvalue weighted by Crippen LogP contribution is -1.95. The van der Waals surface area contributed by atoms with Crippen LogP contribution in [0.4, 0.5) is 0 Å². The number of aromatic nitrogens is 2. The van der Waals surface area contributed by atoms with E-state index in [9.17, 15) is 0 Å². The van der Waals surface area contributed by atoms with Crippen molar-refractivity contribution in [1.82, 2.24) is 9.97 Å². The Labute approximate surface area is 77.8 Å². The molecule has 0 aromatic carbocycles. The van der Waals surface area contributed by atoms with Crippen LogP contribution in [0.15, 0.2) is 12.4 Å². The van der Waals surface area contributed by atoms with Crippen LogP contribution in [-0.2, 0) is 6.42 Å². The molecule has 66 valence electrons. The summed E-state index contributed by atoms with van der Waals surface area (Å²) in [7, 11) is 0. The molecule has 1 aromatic heterocycles. The first-order chi connectivity index (χ1) is 5.83. The van der Waals surface area contributed by atoms with Gasteiger partial charge in [-0.1, -0.05) is 6.92 Å². The maximum Gasteiger partial charge on any atom is 0.115 e. The van der Waals surface area contributed by atoms with Gasteiger partial charge in [0.1, 0.15) is 6.33 Å². The minimum absolute atomic E-state index is 1.06. The van der Waals surface area contributed by atoms with Crippen molar-refractivity contribution >= 4 is 11.8 Å². The van der Waals surface area contributed by atoms with E-state index in [0.29, 0.717) is 0 Å². The summed E-state index contributed by atoms with van der Waals surface area (Å²) in [5.41, 5.74) is 2.21. The Kier molecular flexibility index (Phi) is 4.08. The van der Waals surface area contributed by atoms with Crippen LogP contribution in [0.25, 0.3) is 0 Å². The second-order valence-electron chi connectivity index (χ2n) is 2.60. The average Bonchev–Trinajstić information content (AvgIpc) is 2.05. The molecular formula is C9H14N2S. The Bertz CT molecular complexity index is 238. The van der Waals surface area contributed by atoms with Crippen LogP contribution < -0.4 is 0 Å². The van der Waals surface area contributed by atoms with Gasteiger partial charge in [-0.25, -0.2) is 9.97 Å². The second-order valence-corrected chi connectivity index (χ2v) is 3.99. The van der Waals surface area contributed by atoms with Gasteiger partial charge in [0, 0.05) is 11.4 Å². The molecule has 0 amide bonds. The second kappa shape index (κ2) is 5.14. The van der Waals surface area contributed by atoms with Gasteiger partial charge in [0.05, 0.1) is 0 Å². The third-order valence-corrected chi connectivity index (χ3v) is 2.47. The minimum Gasteiger partial charge on any atom is -0.242 e. The fourth-order valence-corrected chi connectivity index (χ4v) is 1.61. The summed E-state index contributed by atoms with van der Waals surface area (Å²) in [6.45, 7) is 4.17. The van der Waals surface area contributed by atoms with Crippen molar-refractivity contribution in [3.05, 3.63) is 23.8 Å². The Hall–Kier alpha value is -0.570. The van der Waals surface area contributed by atoms with Crippen LogP contribution >= 0.6 is 11.8 Å². The van der Waals surface area contributed by atoms with E-state index in [1.807, 2.05) is 18.7 Å². The number of hydrogen-bond donors (Lipinski definition) is 0. The van der Waals surface area contributed by atoms with Crippen molar-refractivity contribution in [3.63, 3.8) is 0 Å². The molecule has 1 rings (SSSR count). The molecule has 0 spiro atoms. The van der Waals surface area contributed by atoms with E-state index in [0.717, 1.165) is 23.6 Å². The highest BCUT2D eigenvalue weighted by Crippen LogP contribution is 2.04. The highest BCUT2D eigenvalue weighted by atomic mass is 32.2. The first-order valence-corrected chi connectivity index (χ1v) is 5.33. The Balaban J connectivity index is 2.41. The molecule has 1 heterocycles. The molecule has 1 aromatic rings. The highest BCUT2D eigenvalue weighted by Gasteiger charge is 1.94. The maximum absolute atomic E-state index is 4.19. The minimum atomic E-state index is 1.06. The molecule has 0 atom stereocenters. The lowest BCUT2D eigenvalue weighted by atomic mass is 10.3. The van der Waals surface area contributed by atoms with Crippen molar-refractivity contribution in [2.24, 2.45) is 0 Å². The fraction of sp³-hybridized carbons (Fsp3) is 0.556. The van der Waals surface area contributed by atoms with Crippen molar-refractivity contribution in [1.29, 1.82) is 0 Å². The summed E-state index contributed by atoms with van der Waals surface area (Å²) in [6, 6.07) is 2.05. The summed E-state index contributed by atoms with van der Waals surface area (Å²) in [6.07, 6.45) is 2.70. The van der Waals surface area contributed by atoms with Crippen LogP contribution in [0.3, 0.4) is 0 Å². The largest absolute Gasteiger partial charge is 0.242 e. The molecule has 0 fully saturated rings. The number of rotatable bonds is 4. The van der Waals surface area contributed by atoms with Crippen LogP contribution in [0, 0.1) is 6.92 Å². The number of thioether (sulfide) groups is 1. The van der Waals surface area contributed by atoms with E-state index in [4.69, 9.17) is 0 Å². The van der Waals surface area contributed by atoms with E-state index in [-0.39, 0.29) is 0 Å². The molecule has 0 saturated heterocycles. The summed E-state index contributed by atoms with van der Waals surface area (Å²) in [5, 5.41) is 0. The topological polar surface area (TPSA) is 25.8 Å². The van der Waals surface area contributed by atoms with Crippen LogP contribution in [0.5, 0.6) is 0 Å². The van der Waals surface area contributed by atoms with E-state index >= 15 is 0 Å². The predicted molar refractivity (Wildman–Crippen MR) is 53.5 cm³/mol. The van der Waals surface area contributed by atoms with Crippen molar-refractivity contribution in [2.75, 3.05) is 11.5 Å². The van der Waals surface area contributed by atoms with E-state index in [2.05, 4.69) is 23.0 Å². The lowest BCUT2D eigenvalue weighted by molar-refractivity contribution is 0.982. The summed E-state index contributed by atoms with van der Waals surface area (Å²) in [4.78, 5) is 8.24.